The van der Waals surface area contributed by atoms with E-state index in [1.165, 1.54) is 25.7 Å². The highest BCUT2D eigenvalue weighted by atomic mass is 16.5. The van der Waals surface area contributed by atoms with Crippen LogP contribution >= 0.6 is 0 Å². The predicted molar refractivity (Wildman–Crippen MR) is 82.9 cm³/mol. The van der Waals surface area contributed by atoms with Crippen LogP contribution in [0.15, 0.2) is 24.3 Å². The molecule has 0 heterocycles. The number of likely N-dealkylation sites (N-methyl/N-ethyl adjacent to an activating group) is 1. The van der Waals surface area contributed by atoms with Crippen LogP contribution in [0, 0.1) is 5.92 Å². The highest BCUT2D eigenvalue weighted by Gasteiger charge is 2.22. The van der Waals surface area contributed by atoms with Gasteiger partial charge in [-0.15, -0.1) is 0 Å². The monoisotopic (exact) mass is 291 g/mol. The summed E-state index contributed by atoms with van der Waals surface area (Å²) in [5.41, 5.74) is 0.266. The number of rotatable bonds is 6. The van der Waals surface area contributed by atoms with Gasteiger partial charge in [0.15, 0.2) is 0 Å². The second-order valence-corrected chi connectivity index (χ2v) is 6.09. The molecule has 0 amide bonds. The van der Waals surface area contributed by atoms with E-state index in [0.29, 0.717) is 18.4 Å². The summed E-state index contributed by atoms with van der Waals surface area (Å²) in [4.78, 5) is 13.3. The van der Waals surface area contributed by atoms with Crippen LogP contribution in [0.3, 0.4) is 0 Å². The minimum Gasteiger partial charge on any atom is -0.492 e. The summed E-state index contributed by atoms with van der Waals surface area (Å²) in [6.07, 6.45) is 5.21. The molecule has 0 aromatic heterocycles. The Hall–Kier alpha value is -1.55. The molecule has 4 nitrogen and oxygen atoms in total. The lowest BCUT2D eigenvalue weighted by molar-refractivity contribution is 0.0696. The molecular weight excluding hydrogens is 266 g/mol. The van der Waals surface area contributed by atoms with Gasteiger partial charge in [-0.25, -0.2) is 4.79 Å². The van der Waals surface area contributed by atoms with Gasteiger partial charge in [-0.1, -0.05) is 25.8 Å². The lowest BCUT2D eigenvalue weighted by atomic mass is 9.86. The normalized spacial score (nSPS) is 22.2. The van der Waals surface area contributed by atoms with E-state index in [0.717, 1.165) is 12.5 Å². The van der Waals surface area contributed by atoms with E-state index >= 15 is 0 Å². The molecule has 0 aliphatic heterocycles. The first-order valence-corrected chi connectivity index (χ1v) is 7.72. The van der Waals surface area contributed by atoms with Gasteiger partial charge in [-0.05, 0) is 44.0 Å². The number of carbonyl (C=O) groups is 1. The van der Waals surface area contributed by atoms with Crippen LogP contribution in [0.4, 0.5) is 0 Å². The van der Waals surface area contributed by atoms with E-state index < -0.39 is 5.97 Å². The smallest absolute Gasteiger partial charge is 0.335 e. The van der Waals surface area contributed by atoms with Gasteiger partial charge in [-0.3, -0.25) is 0 Å². The summed E-state index contributed by atoms with van der Waals surface area (Å²) in [6.45, 7) is 3.78. The number of nitrogens with zero attached hydrogens (tertiary/aromatic N) is 1. The number of hydrogen-bond acceptors (Lipinski definition) is 3. The number of aromatic carboxylic acids is 1. The van der Waals surface area contributed by atoms with E-state index in [4.69, 9.17) is 9.84 Å². The summed E-state index contributed by atoms with van der Waals surface area (Å²) < 4.78 is 5.68. The van der Waals surface area contributed by atoms with Gasteiger partial charge in [-0.2, -0.15) is 0 Å². The minimum atomic E-state index is -0.922. The Bertz CT molecular complexity index is 475. The Morgan fingerprint density at radius 1 is 1.43 bits per heavy atom. The number of carboxylic acids is 1. The first kappa shape index (κ1) is 15.8. The number of ether oxygens (including phenoxy) is 1. The van der Waals surface area contributed by atoms with Crippen molar-refractivity contribution in [2.45, 2.75) is 38.6 Å². The van der Waals surface area contributed by atoms with Crippen LogP contribution < -0.4 is 4.74 Å². The third kappa shape index (κ3) is 4.74. The van der Waals surface area contributed by atoms with Crippen LogP contribution in [0.5, 0.6) is 5.75 Å². The van der Waals surface area contributed by atoms with Crippen LogP contribution in [0.25, 0.3) is 0 Å². The minimum absolute atomic E-state index is 0.266. The van der Waals surface area contributed by atoms with Gasteiger partial charge in [0.25, 0.3) is 0 Å². The molecule has 1 aromatic rings. The fourth-order valence-electron chi connectivity index (χ4n) is 3.01. The molecule has 0 spiro atoms. The van der Waals surface area contributed by atoms with E-state index in [9.17, 15) is 4.79 Å². The standard InChI is InChI=1S/C17H25NO3/c1-13-5-3-7-15(11-13)18(2)9-10-21-16-8-4-6-14(12-16)17(19)20/h4,6,8,12-13,15H,3,5,7,9-11H2,1-2H3,(H,19,20). The molecule has 0 radical (unpaired) electrons. The number of benzene rings is 1. The lowest BCUT2D eigenvalue weighted by Crippen LogP contribution is -2.37. The third-order valence-corrected chi connectivity index (χ3v) is 4.33. The van der Waals surface area contributed by atoms with Crippen LogP contribution in [-0.2, 0) is 0 Å². The molecule has 2 atom stereocenters. The zero-order valence-electron chi connectivity index (χ0n) is 12.9. The summed E-state index contributed by atoms with van der Waals surface area (Å²) in [5, 5.41) is 8.95. The molecule has 4 heteroatoms. The maximum atomic E-state index is 10.9. The molecule has 0 saturated heterocycles. The number of carboxylic acid groups (broad SMARTS) is 1. The zero-order chi connectivity index (χ0) is 15.2. The summed E-state index contributed by atoms with van der Waals surface area (Å²) in [6, 6.07) is 7.32. The second-order valence-electron chi connectivity index (χ2n) is 6.09. The second kappa shape index (κ2) is 7.46. The van der Waals surface area contributed by atoms with E-state index in [-0.39, 0.29) is 5.56 Å². The molecule has 0 bridgehead atoms. The van der Waals surface area contributed by atoms with Gasteiger partial charge in [0, 0.05) is 12.6 Å². The van der Waals surface area contributed by atoms with Crippen LogP contribution in [-0.4, -0.2) is 42.2 Å². The molecule has 1 fully saturated rings. The van der Waals surface area contributed by atoms with E-state index in [2.05, 4.69) is 18.9 Å². The summed E-state index contributed by atoms with van der Waals surface area (Å²) in [7, 11) is 2.15. The Balaban J connectivity index is 1.78. The highest BCUT2D eigenvalue weighted by molar-refractivity contribution is 5.87. The lowest BCUT2D eigenvalue weighted by Gasteiger charge is -2.34. The van der Waals surface area contributed by atoms with Gasteiger partial charge < -0.3 is 14.7 Å². The van der Waals surface area contributed by atoms with Crippen molar-refractivity contribution in [2.75, 3.05) is 20.2 Å². The maximum absolute atomic E-state index is 10.9. The summed E-state index contributed by atoms with van der Waals surface area (Å²) >= 11 is 0. The Labute approximate surface area is 126 Å². The fraction of sp³-hybridized carbons (Fsp3) is 0.588. The van der Waals surface area contributed by atoms with Crippen LogP contribution in [0.1, 0.15) is 43.0 Å². The Morgan fingerprint density at radius 3 is 2.95 bits per heavy atom. The highest BCUT2D eigenvalue weighted by Crippen LogP contribution is 2.26. The molecule has 1 aliphatic rings. The molecule has 2 unspecified atom stereocenters. The molecule has 1 N–H and O–H groups in total. The SMILES string of the molecule is CC1CCCC(N(C)CCOc2cccc(C(=O)O)c2)C1. The first-order valence-electron chi connectivity index (χ1n) is 7.72. The van der Waals surface area contributed by atoms with Crippen molar-refractivity contribution >= 4 is 5.97 Å². The zero-order valence-corrected chi connectivity index (χ0v) is 12.9. The first-order chi connectivity index (χ1) is 10.1. The average molecular weight is 291 g/mol. The van der Waals surface area contributed by atoms with Crippen molar-refractivity contribution in [1.82, 2.24) is 4.90 Å². The average Bonchev–Trinajstić information content (AvgIpc) is 2.47. The topological polar surface area (TPSA) is 49.8 Å². The van der Waals surface area contributed by atoms with Gasteiger partial charge in [0.1, 0.15) is 12.4 Å². The van der Waals surface area contributed by atoms with Crippen molar-refractivity contribution in [3.8, 4) is 5.75 Å². The third-order valence-electron chi connectivity index (χ3n) is 4.33. The van der Waals surface area contributed by atoms with E-state index in [1.807, 2.05) is 0 Å². The van der Waals surface area contributed by atoms with Crippen molar-refractivity contribution < 1.29 is 14.6 Å². The molecular formula is C17H25NO3. The van der Waals surface area contributed by atoms with Crippen molar-refractivity contribution in [3.63, 3.8) is 0 Å². The van der Waals surface area contributed by atoms with Crippen molar-refractivity contribution in [1.29, 1.82) is 0 Å². The number of hydrogen-bond donors (Lipinski definition) is 1. The van der Waals surface area contributed by atoms with Gasteiger partial charge in [0.05, 0.1) is 5.56 Å². The molecule has 21 heavy (non-hydrogen) atoms. The molecule has 1 aliphatic carbocycles. The molecule has 1 aromatic carbocycles. The molecule has 1 saturated carbocycles. The predicted octanol–water partition coefficient (Wildman–Crippen LogP) is 3.27. The van der Waals surface area contributed by atoms with Crippen LogP contribution in [0.2, 0.25) is 0 Å². The van der Waals surface area contributed by atoms with Gasteiger partial charge in [0.2, 0.25) is 0 Å². The van der Waals surface area contributed by atoms with Gasteiger partial charge >= 0.3 is 5.97 Å². The fourth-order valence-corrected chi connectivity index (χ4v) is 3.01. The maximum Gasteiger partial charge on any atom is 0.335 e. The summed E-state index contributed by atoms with van der Waals surface area (Å²) in [5.74, 6) is 0.522. The van der Waals surface area contributed by atoms with Crippen molar-refractivity contribution in [3.05, 3.63) is 29.8 Å². The van der Waals surface area contributed by atoms with Crippen molar-refractivity contribution in [2.24, 2.45) is 5.92 Å². The molecule has 116 valence electrons. The van der Waals surface area contributed by atoms with E-state index in [1.54, 1.807) is 24.3 Å². The Morgan fingerprint density at radius 2 is 2.24 bits per heavy atom. The quantitative estimate of drug-likeness (QED) is 0.874. The molecule has 2 rings (SSSR count). The largest absolute Gasteiger partial charge is 0.492 e. The Kier molecular flexibility index (Phi) is 5.62.